The van der Waals surface area contributed by atoms with Gasteiger partial charge in [-0.25, -0.2) is 4.98 Å². The van der Waals surface area contributed by atoms with Gasteiger partial charge in [0.15, 0.2) is 0 Å². The predicted octanol–water partition coefficient (Wildman–Crippen LogP) is 1.80. The second-order valence-corrected chi connectivity index (χ2v) is 4.93. The van der Waals surface area contributed by atoms with Crippen LogP contribution >= 0.6 is 0 Å². The van der Waals surface area contributed by atoms with Gasteiger partial charge in [-0.3, -0.25) is 14.5 Å². The summed E-state index contributed by atoms with van der Waals surface area (Å²) in [4.78, 5) is 29.5. The third-order valence-corrected chi connectivity index (χ3v) is 3.13. The van der Waals surface area contributed by atoms with Crippen molar-refractivity contribution in [2.45, 2.75) is 33.2 Å². The number of hydrogen-bond acceptors (Lipinski definition) is 4. The van der Waals surface area contributed by atoms with Crippen LogP contribution in [0.1, 0.15) is 32.4 Å². The second kappa shape index (κ2) is 5.82. The molecule has 19 heavy (non-hydrogen) atoms. The second-order valence-electron chi connectivity index (χ2n) is 4.93. The van der Waals surface area contributed by atoms with E-state index in [1.165, 1.54) is 4.90 Å². The van der Waals surface area contributed by atoms with Crippen LogP contribution in [0.15, 0.2) is 18.2 Å². The van der Waals surface area contributed by atoms with Gasteiger partial charge in [-0.15, -0.1) is 0 Å². The zero-order valence-electron chi connectivity index (χ0n) is 11.3. The van der Waals surface area contributed by atoms with Crippen LogP contribution < -0.4 is 5.32 Å². The molecule has 1 saturated heterocycles. The Morgan fingerprint density at radius 1 is 1.32 bits per heavy atom. The number of imide groups is 1. The lowest BCUT2D eigenvalue weighted by molar-refractivity contribution is -0.150. The van der Waals surface area contributed by atoms with Crippen molar-refractivity contribution in [1.29, 1.82) is 0 Å². The van der Waals surface area contributed by atoms with E-state index in [-0.39, 0.29) is 24.3 Å². The van der Waals surface area contributed by atoms with E-state index >= 15 is 0 Å². The highest BCUT2D eigenvalue weighted by molar-refractivity contribution is 5.97. The molecule has 1 aliphatic heterocycles. The van der Waals surface area contributed by atoms with Crippen molar-refractivity contribution in [3.8, 4) is 0 Å². The molecule has 5 heteroatoms. The Kier molecular flexibility index (Phi) is 4.14. The topological polar surface area (TPSA) is 62.3 Å². The normalized spacial score (nSPS) is 16.8. The average molecular weight is 261 g/mol. The summed E-state index contributed by atoms with van der Waals surface area (Å²) in [6, 6.07) is 5.58. The molecule has 102 valence electrons. The highest BCUT2D eigenvalue weighted by atomic mass is 16.2. The number of hydrogen-bond donors (Lipinski definition) is 1. The summed E-state index contributed by atoms with van der Waals surface area (Å²) in [5, 5.41) is 3.12. The van der Waals surface area contributed by atoms with E-state index < -0.39 is 0 Å². The van der Waals surface area contributed by atoms with Crippen molar-refractivity contribution in [2.75, 3.05) is 11.9 Å². The molecule has 0 spiro atoms. The average Bonchev–Trinajstić information content (AvgIpc) is 2.35. The van der Waals surface area contributed by atoms with Crippen molar-refractivity contribution in [3.63, 3.8) is 0 Å². The summed E-state index contributed by atoms with van der Waals surface area (Å²) in [6.45, 7) is 4.98. The molecule has 0 saturated carbocycles. The van der Waals surface area contributed by atoms with Crippen LogP contribution in [0.5, 0.6) is 0 Å². The van der Waals surface area contributed by atoms with E-state index in [0.29, 0.717) is 12.8 Å². The van der Waals surface area contributed by atoms with Crippen LogP contribution in [0.4, 0.5) is 5.82 Å². The Labute approximate surface area is 113 Å². The van der Waals surface area contributed by atoms with Crippen molar-refractivity contribution >= 4 is 17.6 Å². The fraction of sp³-hybridized carbons (Fsp3) is 0.500. The zero-order valence-corrected chi connectivity index (χ0v) is 11.3. The first-order valence-corrected chi connectivity index (χ1v) is 6.63. The number of carbonyl (C=O) groups is 2. The van der Waals surface area contributed by atoms with E-state index in [1.54, 1.807) is 0 Å². The van der Waals surface area contributed by atoms with Gasteiger partial charge >= 0.3 is 0 Å². The molecule has 0 radical (unpaired) electrons. The predicted molar refractivity (Wildman–Crippen MR) is 72.4 cm³/mol. The number of nitrogens with one attached hydrogen (secondary N) is 1. The summed E-state index contributed by atoms with van der Waals surface area (Å²) in [6.07, 6.45) is 0.886. The fourth-order valence-electron chi connectivity index (χ4n) is 2.21. The van der Waals surface area contributed by atoms with Crippen molar-refractivity contribution in [3.05, 3.63) is 23.9 Å². The number of likely N-dealkylation sites (tertiary alicyclic amines) is 1. The number of pyridine rings is 1. The summed E-state index contributed by atoms with van der Waals surface area (Å²) in [5.41, 5.74) is 0.731. The van der Waals surface area contributed by atoms with Gasteiger partial charge in [0, 0.05) is 19.4 Å². The first kappa shape index (κ1) is 13.5. The van der Waals surface area contributed by atoms with Gasteiger partial charge in [0.2, 0.25) is 11.8 Å². The van der Waals surface area contributed by atoms with E-state index in [9.17, 15) is 9.59 Å². The van der Waals surface area contributed by atoms with Crippen LogP contribution in [-0.4, -0.2) is 28.2 Å². The molecule has 0 aromatic carbocycles. The summed E-state index contributed by atoms with van der Waals surface area (Å²) >= 11 is 0. The van der Waals surface area contributed by atoms with Gasteiger partial charge in [0.25, 0.3) is 0 Å². The highest BCUT2D eigenvalue weighted by Gasteiger charge is 2.30. The highest BCUT2D eigenvalue weighted by Crippen LogP contribution is 2.20. The van der Waals surface area contributed by atoms with Gasteiger partial charge in [-0.2, -0.15) is 0 Å². The van der Waals surface area contributed by atoms with Crippen LogP contribution in [0.3, 0.4) is 0 Å². The number of carbonyl (C=O) groups excluding carboxylic acids is 2. The monoisotopic (exact) mass is 261 g/mol. The summed E-state index contributed by atoms with van der Waals surface area (Å²) in [7, 11) is 0. The number of anilines is 1. The van der Waals surface area contributed by atoms with E-state index in [1.807, 2.05) is 32.0 Å². The molecule has 2 heterocycles. The Morgan fingerprint density at radius 2 is 2.00 bits per heavy atom. The molecular formula is C14H19N3O2. The van der Waals surface area contributed by atoms with Crippen molar-refractivity contribution in [2.24, 2.45) is 5.92 Å². The first-order valence-electron chi connectivity index (χ1n) is 6.63. The molecule has 1 aromatic rings. The molecule has 1 N–H and O–H groups in total. The van der Waals surface area contributed by atoms with Crippen LogP contribution in [0.2, 0.25) is 0 Å². The first-order chi connectivity index (χ1) is 9.10. The summed E-state index contributed by atoms with van der Waals surface area (Å²) in [5.74, 6) is 0.724. The maximum atomic E-state index is 11.9. The lowest BCUT2D eigenvalue weighted by Crippen LogP contribution is -2.42. The van der Waals surface area contributed by atoms with Crippen molar-refractivity contribution in [1.82, 2.24) is 9.88 Å². The Morgan fingerprint density at radius 3 is 2.63 bits per heavy atom. The van der Waals surface area contributed by atoms with Gasteiger partial charge in [0.05, 0.1) is 12.2 Å². The number of amides is 2. The largest absolute Gasteiger partial charge is 0.370 e. The minimum atomic E-state index is -0.0978. The standard InChI is InChI=1S/C14H19N3O2/c1-3-15-12-6-4-5-11(16-12)9-17-13(18)7-10(2)8-14(17)19/h4-6,10H,3,7-9H2,1-2H3,(H,15,16). The minimum absolute atomic E-state index is 0.0978. The molecule has 1 fully saturated rings. The Bertz CT molecular complexity index is 469. The van der Waals surface area contributed by atoms with Crippen molar-refractivity contribution < 1.29 is 9.59 Å². The van der Waals surface area contributed by atoms with Gasteiger partial charge in [0.1, 0.15) is 5.82 Å². The molecule has 0 bridgehead atoms. The third kappa shape index (κ3) is 3.30. The Balaban J connectivity index is 2.09. The van der Waals surface area contributed by atoms with Gasteiger partial charge in [-0.1, -0.05) is 13.0 Å². The molecule has 0 atom stereocenters. The summed E-state index contributed by atoms with van der Waals surface area (Å²) < 4.78 is 0. The Hall–Kier alpha value is -1.91. The lowest BCUT2D eigenvalue weighted by Gasteiger charge is -2.28. The maximum absolute atomic E-state index is 11.9. The number of nitrogens with zero attached hydrogens (tertiary/aromatic N) is 2. The van der Waals surface area contributed by atoms with E-state index in [4.69, 9.17) is 0 Å². The van der Waals surface area contributed by atoms with E-state index in [0.717, 1.165) is 18.1 Å². The molecular weight excluding hydrogens is 242 g/mol. The van der Waals surface area contributed by atoms with Gasteiger partial charge < -0.3 is 5.32 Å². The molecule has 1 aromatic heterocycles. The molecule has 2 rings (SSSR count). The molecule has 2 amide bonds. The molecule has 0 aliphatic carbocycles. The van der Waals surface area contributed by atoms with Crippen LogP contribution in [0, 0.1) is 5.92 Å². The number of aromatic nitrogens is 1. The molecule has 5 nitrogen and oxygen atoms in total. The zero-order chi connectivity index (χ0) is 13.8. The number of piperidine rings is 1. The third-order valence-electron chi connectivity index (χ3n) is 3.13. The van der Waals surface area contributed by atoms with Crippen LogP contribution in [0.25, 0.3) is 0 Å². The van der Waals surface area contributed by atoms with Crippen LogP contribution in [-0.2, 0) is 16.1 Å². The van der Waals surface area contributed by atoms with Gasteiger partial charge in [-0.05, 0) is 25.0 Å². The smallest absolute Gasteiger partial charge is 0.229 e. The quantitative estimate of drug-likeness (QED) is 0.839. The SMILES string of the molecule is CCNc1cccc(CN2C(=O)CC(C)CC2=O)n1. The molecule has 0 unspecified atom stereocenters. The minimum Gasteiger partial charge on any atom is -0.370 e. The lowest BCUT2D eigenvalue weighted by atomic mass is 9.98. The maximum Gasteiger partial charge on any atom is 0.229 e. The number of rotatable bonds is 4. The fourth-order valence-corrected chi connectivity index (χ4v) is 2.21. The molecule has 1 aliphatic rings. The van der Waals surface area contributed by atoms with E-state index in [2.05, 4.69) is 10.3 Å².